The summed E-state index contributed by atoms with van der Waals surface area (Å²) < 4.78 is 0. The first-order valence-corrected chi connectivity index (χ1v) is 8.02. The molecule has 2 aromatic heterocycles. The Kier molecular flexibility index (Phi) is 3.50. The van der Waals surface area contributed by atoms with Gasteiger partial charge in [0, 0.05) is 15.9 Å². The van der Waals surface area contributed by atoms with Gasteiger partial charge in [0.05, 0.1) is 17.1 Å². The maximum Gasteiger partial charge on any atom is 0.268 e. The predicted octanol–water partition coefficient (Wildman–Crippen LogP) is 4.19. The van der Waals surface area contributed by atoms with E-state index in [9.17, 15) is 4.79 Å². The summed E-state index contributed by atoms with van der Waals surface area (Å²) in [5, 5.41) is 4.53. The maximum absolute atomic E-state index is 12.5. The summed E-state index contributed by atoms with van der Waals surface area (Å²) in [5.41, 5.74) is 3.17. The summed E-state index contributed by atoms with van der Waals surface area (Å²) in [6.45, 7) is 1.90. The second-order valence-corrected chi connectivity index (χ2v) is 6.19. The van der Waals surface area contributed by atoms with Gasteiger partial charge >= 0.3 is 0 Å². The van der Waals surface area contributed by atoms with Crippen molar-refractivity contribution in [3.05, 3.63) is 65.1 Å². The zero-order chi connectivity index (χ0) is 16.7. The lowest BCUT2D eigenvalue weighted by Gasteiger charge is -2.10. The summed E-state index contributed by atoms with van der Waals surface area (Å²) in [5.74, 6) is 0.541. The van der Waals surface area contributed by atoms with E-state index < -0.39 is 0 Å². The number of aromatic nitrogens is 3. The molecule has 2 heterocycles. The van der Waals surface area contributed by atoms with E-state index in [2.05, 4.69) is 20.3 Å². The topological polar surface area (TPSA) is 73.6 Å². The number of hydrogen-bond donors (Lipinski definition) is 3. The highest BCUT2D eigenvalue weighted by atomic mass is 35.5. The molecule has 4 aromatic rings. The lowest BCUT2D eigenvalue weighted by molar-refractivity contribution is 0.0934. The van der Waals surface area contributed by atoms with Crippen molar-refractivity contribution in [3.8, 4) is 0 Å². The van der Waals surface area contributed by atoms with E-state index in [4.69, 9.17) is 11.6 Å². The molecule has 5 nitrogen and oxygen atoms in total. The molecule has 6 heteroatoms. The van der Waals surface area contributed by atoms with Crippen molar-refractivity contribution in [2.24, 2.45) is 0 Å². The summed E-state index contributed by atoms with van der Waals surface area (Å²) >= 11 is 5.98. The van der Waals surface area contributed by atoms with E-state index in [0.29, 0.717) is 10.7 Å². The number of aromatic amines is 2. The van der Waals surface area contributed by atoms with E-state index in [-0.39, 0.29) is 11.9 Å². The quantitative estimate of drug-likeness (QED) is 0.524. The summed E-state index contributed by atoms with van der Waals surface area (Å²) in [6.07, 6.45) is 0. The summed E-state index contributed by atoms with van der Waals surface area (Å²) in [6, 6.07) is 14.8. The van der Waals surface area contributed by atoms with Gasteiger partial charge in [-0.1, -0.05) is 29.8 Å². The molecular weight excluding hydrogens is 324 g/mol. The number of carbonyl (C=O) groups excluding carboxylic acids is 1. The van der Waals surface area contributed by atoms with Gasteiger partial charge in [-0.2, -0.15) is 0 Å². The number of benzene rings is 2. The number of nitrogens with one attached hydrogen (secondary N) is 3. The van der Waals surface area contributed by atoms with Crippen LogP contribution in [0, 0.1) is 0 Å². The molecule has 0 spiro atoms. The van der Waals surface area contributed by atoms with E-state index in [1.54, 1.807) is 12.1 Å². The number of para-hydroxylation sites is 2. The second-order valence-electron chi connectivity index (χ2n) is 5.75. The van der Waals surface area contributed by atoms with Crippen LogP contribution in [0.5, 0.6) is 0 Å². The minimum atomic E-state index is -0.236. The predicted molar refractivity (Wildman–Crippen MR) is 95.3 cm³/mol. The molecule has 0 saturated heterocycles. The van der Waals surface area contributed by atoms with Crippen LogP contribution in [0.15, 0.2) is 48.5 Å². The Labute approximate surface area is 143 Å². The fourth-order valence-electron chi connectivity index (χ4n) is 2.74. The highest BCUT2D eigenvalue weighted by Crippen LogP contribution is 2.21. The van der Waals surface area contributed by atoms with Crippen LogP contribution < -0.4 is 5.32 Å². The van der Waals surface area contributed by atoms with E-state index in [1.165, 1.54) is 0 Å². The van der Waals surface area contributed by atoms with Crippen LogP contribution in [0.25, 0.3) is 21.9 Å². The van der Waals surface area contributed by atoms with Crippen LogP contribution in [0.4, 0.5) is 0 Å². The Bertz CT molecular complexity index is 1020. The SMILES string of the molecule is CC(NC(=O)c1cc2ccc(Cl)cc2[nH]1)c1nc2ccccc2[nH]1. The van der Waals surface area contributed by atoms with Crippen molar-refractivity contribution in [2.75, 3.05) is 0 Å². The first-order valence-electron chi connectivity index (χ1n) is 7.64. The van der Waals surface area contributed by atoms with Crippen LogP contribution in [0.3, 0.4) is 0 Å². The Hall–Kier alpha value is -2.79. The molecule has 0 radical (unpaired) electrons. The number of carbonyl (C=O) groups is 1. The Balaban J connectivity index is 1.57. The van der Waals surface area contributed by atoms with Crippen molar-refractivity contribution < 1.29 is 4.79 Å². The van der Waals surface area contributed by atoms with Crippen LogP contribution >= 0.6 is 11.6 Å². The number of nitrogens with zero attached hydrogens (tertiary/aromatic N) is 1. The molecule has 24 heavy (non-hydrogen) atoms. The molecule has 1 unspecified atom stereocenters. The van der Waals surface area contributed by atoms with Gasteiger partial charge in [0.2, 0.25) is 0 Å². The van der Waals surface area contributed by atoms with Crippen LogP contribution in [0.1, 0.15) is 29.3 Å². The number of halogens is 1. The first kappa shape index (κ1) is 14.8. The third kappa shape index (κ3) is 2.63. The number of H-pyrrole nitrogens is 2. The average Bonchev–Trinajstić information content (AvgIpc) is 3.18. The molecule has 120 valence electrons. The smallest absolute Gasteiger partial charge is 0.268 e. The number of amides is 1. The largest absolute Gasteiger partial charge is 0.350 e. The molecule has 3 N–H and O–H groups in total. The zero-order valence-electron chi connectivity index (χ0n) is 12.9. The van der Waals surface area contributed by atoms with E-state index >= 15 is 0 Å². The van der Waals surface area contributed by atoms with Gasteiger partial charge in [-0.05, 0) is 37.3 Å². The van der Waals surface area contributed by atoms with Crippen LogP contribution in [-0.2, 0) is 0 Å². The standard InChI is InChI=1S/C18H15ClN4O/c1-10(17-22-13-4-2-3-5-14(13)23-17)20-18(24)16-8-11-6-7-12(19)9-15(11)21-16/h2-10,21H,1H3,(H,20,24)(H,22,23). The van der Waals surface area contributed by atoms with Crippen molar-refractivity contribution in [1.82, 2.24) is 20.3 Å². The third-order valence-electron chi connectivity index (χ3n) is 3.99. The Morgan fingerprint density at radius 1 is 1.12 bits per heavy atom. The molecule has 0 aliphatic carbocycles. The molecule has 0 aliphatic rings. The summed E-state index contributed by atoms with van der Waals surface area (Å²) in [7, 11) is 0. The van der Waals surface area contributed by atoms with Gasteiger partial charge in [-0.3, -0.25) is 4.79 Å². The molecular formula is C18H15ClN4O. The fourth-order valence-corrected chi connectivity index (χ4v) is 2.91. The number of rotatable bonds is 3. The van der Waals surface area contributed by atoms with Crippen LogP contribution in [0.2, 0.25) is 5.02 Å². The molecule has 1 amide bonds. The van der Waals surface area contributed by atoms with Gasteiger partial charge in [-0.15, -0.1) is 0 Å². The second kappa shape index (κ2) is 5.69. The molecule has 0 bridgehead atoms. The fraction of sp³-hybridized carbons (Fsp3) is 0.111. The molecule has 0 saturated carbocycles. The summed E-state index contributed by atoms with van der Waals surface area (Å²) in [4.78, 5) is 23.3. The number of hydrogen-bond acceptors (Lipinski definition) is 2. The lowest BCUT2D eigenvalue weighted by Crippen LogP contribution is -2.27. The lowest BCUT2D eigenvalue weighted by atomic mass is 10.2. The van der Waals surface area contributed by atoms with Crippen molar-refractivity contribution >= 4 is 39.4 Å². The Morgan fingerprint density at radius 3 is 2.79 bits per heavy atom. The van der Waals surface area contributed by atoms with Gasteiger partial charge in [-0.25, -0.2) is 4.98 Å². The molecule has 2 aromatic carbocycles. The van der Waals surface area contributed by atoms with Gasteiger partial charge in [0.1, 0.15) is 11.5 Å². The number of imidazole rings is 1. The minimum Gasteiger partial charge on any atom is -0.350 e. The first-order chi connectivity index (χ1) is 11.6. The highest BCUT2D eigenvalue weighted by molar-refractivity contribution is 6.31. The maximum atomic E-state index is 12.5. The van der Waals surface area contributed by atoms with Gasteiger partial charge in [0.25, 0.3) is 5.91 Å². The van der Waals surface area contributed by atoms with Crippen molar-refractivity contribution in [2.45, 2.75) is 13.0 Å². The van der Waals surface area contributed by atoms with E-state index in [0.717, 1.165) is 27.8 Å². The normalized spacial score (nSPS) is 12.6. The zero-order valence-corrected chi connectivity index (χ0v) is 13.7. The molecule has 4 rings (SSSR count). The van der Waals surface area contributed by atoms with Gasteiger partial charge in [0.15, 0.2) is 0 Å². The molecule has 0 fully saturated rings. The van der Waals surface area contributed by atoms with E-state index in [1.807, 2.05) is 43.3 Å². The monoisotopic (exact) mass is 338 g/mol. The Morgan fingerprint density at radius 2 is 1.96 bits per heavy atom. The average molecular weight is 339 g/mol. The third-order valence-corrected chi connectivity index (χ3v) is 4.23. The van der Waals surface area contributed by atoms with Crippen LogP contribution in [-0.4, -0.2) is 20.9 Å². The molecule has 0 aliphatic heterocycles. The van der Waals surface area contributed by atoms with Crippen molar-refractivity contribution in [3.63, 3.8) is 0 Å². The molecule has 1 atom stereocenters. The van der Waals surface area contributed by atoms with Crippen molar-refractivity contribution in [1.29, 1.82) is 0 Å². The highest BCUT2D eigenvalue weighted by Gasteiger charge is 2.16. The minimum absolute atomic E-state index is 0.185. The number of fused-ring (bicyclic) bond motifs is 2. The van der Waals surface area contributed by atoms with Gasteiger partial charge < -0.3 is 15.3 Å².